The van der Waals surface area contributed by atoms with Crippen molar-refractivity contribution in [3.05, 3.63) is 48.2 Å². The van der Waals surface area contributed by atoms with Gasteiger partial charge in [0.1, 0.15) is 11.6 Å². The van der Waals surface area contributed by atoms with Crippen LogP contribution in [0.3, 0.4) is 0 Å². The van der Waals surface area contributed by atoms with Gasteiger partial charge in [-0.15, -0.1) is 0 Å². The molecule has 0 bridgehead atoms. The highest BCUT2D eigenvalue weighted by Crippen LogP contribution is 2.27. The van der Waals surface area contributed by atoms with Gasteiger partial charge in [-0.2, -0.15) is 0 Å². The summed E-state index contributed by atoms with van der Waals surface area (Å²) in [7, 11) is 3.66. The first-order chi connectivity index (χ1) is 10.2. The largest absolute Gasteiger partial charge is 0.497 e. The van der Waals surface area contributed by atoms with Gasteiger partial charge in [-0.05, 0) is 31.2 Å². The molecule has 108 valence electrons. The molecule has 0 saturated heterocycles. The maximum Gasteiger partial charge on any atom is 0.127 e. The van der Waals surface area contributed by atoms with Gasteiger partial charge in [0.2, 0.25) is 0 Å². The van der Waals surface area contributed by atoms with E-state index in [1.807, 2.05) is 49.0 Å². The first-order valence-electron chi connectivity index (χ1n) is 6.83. The van der Waals surface area contributed by atoms with Gasteiger partial charge in [0, 0.05) is 36.2 Å². The fourth-order valence-electron chi connectivity index (χ4n) is 2.35. The zero-order chi connectivity index (χ0) is 14.8. The van der Waals surface area contributed by atoms with Crippen molar-refractivity contribution in [3.63, 3.8) is 0 Å². The topological polar surface area (TPSA) is 52.0 Å². The second-order valence-corrected chi connectivity index (χ2v) is 5.00. The average molecular weight is 282 g/mol. The Labute approximate surface area is 123 Å². The van der Waals surface area contributed by atoms with E-state index in [4.69, 9.17) is 4.74 Å². The third-order valence-corrected chi connectivity index (χ3v) is 3.50. The fourth-order valence-corrected chi connectivity index (χ4v) is 2.35. The van der Waals surface area contributed by atoms with Crippen LogP contribution in [0.2, 0.25) is 0 Å². The highest BCUT2D eigenvalue weighted by Gasteiger charge is 2.07. The lowest BCUT2D eigenvalue weighted by atomic mass is 10.1. The number of imidazole rings is 1. The predicted molar refractivity (Wildman–Crippen MR) is 83.6 cm³/mol. The van der Waals surface area contributed by atoms with E-state index in [1.54, 1.807) is 13.3 Å². The second-order valence-electron chi connectivity index (χ2n) is 5.00. The minimum atomic E-state index is 0.666. The van der Waals surface area contributed by atoms with Gasteiger partial charge in [0.15, 0.2) is 0 Å². The molecule has 5 heteroatoms. The molecule has 0 fully saturated rings. The summed E-state index contributed by atoms with van der Waals surface area (Å²) in [6, 6.07) is 7.96. The van der Waals surface area contributed by atoms with Crippen LogP contribution in [0.4, 0.5) is 5.69 Å². The van der Waals surface area contributed by atoms with Crippen LogP contribution in [-0.4, -0.2) is 21.6 Å². The Balaban J connectivity index is 1.98. The van der Waals surface area contributed by atoms with Gasteiger partial charge >= 0.3 is 0 Å². The molecule has 0 radical (unpaired) electrons. The summed E-state index contributed by atoms with van der Waals surface area (Å²) in [6.07, 6.45) is 3.74. The summed E-state index contributed by atoms with van der Waals surface area (Å²) in [6.45, 7) is 2.66. The Kier molecular flexibility index (Phi) is 3.48. The molecule has 3 aromatic rings. The summed E-state index contributed by atoms with van der Waals surface area (Å²) in [5.41, 5.74) is 2.98. The van der Waals surface area contributed by atoms with Crippen molar-refractivity contribution in [1.82, 2.24) is 14.5 Å². The predicted octanol–water partition coefficient (Wildman–Crippen LogP) is 2.90. The lowest BCUT2D eigenvalue weighted by molar-refractivity contribution is 0.415. The Bertz CT molecular complexity index is 779. The van der Waals surface area contributed by atoms with Crippen LogP contribution in [0, 0.1) is 6.92 Å². The maximum atomic E-state index is 5.31. The molecular weight excluding hydrogens is 264 g/mol. The molecule has 0 unspecified atom stereocenters. The van der Waals surface area contributed by atoms with E-state index < -0.39 is 0 Å². The molecule has 2 heterocycles. The number of anilines is 1. The molecule has 2 aromatic heterocycles. The summed E-state index contributed by atoms with van der Waals surface area (Å²) in [4.78, 5) is 8.89. The van der Waals surface area contributed by atoms with E-state index in [9.17, 15) is 0 Å². The van der Waals surface area contributed by atoms with Crippen molar-refractivity contribution in [2.45, 2.75) is 13.5 Å². The number of hydrogen-bond acceptors (Lipinski definition) is 4. The van der Waals surface area contributed by atoms with E-state index >= 15 is 0 Å². The van der Waals surface area contributed by atoms with Crippen LogP contribution >= 0.6 is 0 Å². The monoisotopic (exact) mass is 282 g/mol. The molecule has 1 N–H and O–H groups in total. The number of benzene rings is 1. The number of rotatable bonds is 4. The molecule has 1 aromatic carbocycles. The van der Waals surface area contributed by atoms with Gasteiger partial charge in [-0.1, -0.05) is 0 Å². The highest BCUT2D eigenvalue weighted by molar-refractivity contribution is 5.92. The Hall–Kier alpha value is -2.56. The minimum Gasteiger partial charge on any atom is -0.497 e. The number of pyridine rings is 1. The molecule has 0 saturated carbocycles. The van der Waals surface area contributed by atoms with Gasteiger partial charge in [0.25, 0.3) is 0 Å². The number of methoxy groups -OCH3 is 1. The molecule has 21 heavy (non-hydrogen) atoms. The summed E-state index contributed by atoms with van der Waals surface area (Å²) in [5, 5.41) is 4.49. The first-order valence-corrected chi connectivity index (χ1v) is 6.83. The van der Waals surface area contributed by atoms with Crippen LogP contribution < -0.4 is 10.1 Å². The molecule has 0 amide bonds. The van der Waals surface area contributed by atoms with Crippen molar-refractivity contribution in [3.8, 4) is 5.75 Å². The van der Waals surface area contributed by atoms with E-state index in [0.29, 0.717) is 6.54 Å². The van der Waals surface area contributed by atoms with Crippen molar-refractivity contribution in [2.24, 2.45) is 7.05 Å². The number of aromatic nitrogens is 3. The normalized spacial score (nSPS) is 10.8. The number of fused-ring (bicyclic) bond motifs is 1. The second kappa shape index (κ2) is 5.44. The van der Waals surface area contributed by atoms with Crippen LogP contribution in [0.25, 0.3) is 10.9 Å². The number of nitrogens with one attached hydrogen (secondary N) is 1. The molecule has 3 rings (SSSR count). The molecule has 0 atom stereocenters. The van der Waals surface area contributed by atoms with Crippen LogP contribution in [0.5, 0.6) is 5.75 Å². The van der Waals surface area contributed by atoms with Gasteiger partial charge < -0.3 is 14.6 Å². The number of aryl methyl sites for hydroxylation is 2. The van der Waals surface area contributed by atoms with E-state index in [0.717, 1.165) is 33.9 Å². The third kappa shape index (κ3) is 2.67. The number of nitrogens with zero attached hydrogens (tertiary/aromatic N) is 3. The lowest BCUT2D eigenvalue weighted by Crippen LogP contribution is -2.06. The standard InChI is InChI=1S/C16H18N4O/c1-11-8-15(18-10-16-17-6-7-20(16)2)13-9-12(21-3)4-5-14(13)19-11/h4-9H,10H2,1-3H3,(H,18,19). The van der Waals surface area contributed by atoms with Gasteiger partial charge in [-0.25, -0.2) is 4.98 Å². The van der Waals surface area contributed by atoms with Crippen LogP contribution in [-0.2, 0) is 13.6 Å². The Morgan fingerprint density at radius 3 is 2.86 bits per heavy atom. The van der Waals surface area contributed by atoms with Crippen LogP contribution in [0.1, 0.15) is 11.5 Å². The van der Waals surface area contributed by atoms with E-state index in [-0.39, 0.29) is 0 Å². The molecule has 5 nitrogen and oxygen atoms in total. The number of hydrogen-bond donors (Lipinski definition) is 1. The Morgan fingerprint density at radius 1 is 1.29 bits per heavy atom. The summed E-state index contributed by atoms with van der Waals surface area (Å²) < 4.78 is 7.31. The van der Waals surface area contributed by atoms with Crippen molar-refractivity contribution in [2.75, 3.05) is 12.4 Å². The van der Waals surface area contributed by atoms with Crippen molar-refractivity contribution in [1.29, 1.82) is 0 Å². The first kappa shape index (κ1) is 13.4. The Morgan fingerprint density at radius 2 is 2.14 bits per heavy atom. The molecule has 0 aliphatic carbocycles. The molecule has 0 aliphatic rings. The van der Waals surface area contributed by atoms with E-state index in [2.05, 4.69) is 15.3 Å². The third-order valence-electron chi connectivity index (χ3n) is 3.50. The summed E-state index contributed by atoms with van der Waals surface area (Å²) in [5.74, 6) is 1.81. The smallest absolute Gasteiger partial charge is 0.127 e. The lowest BCUT2D eigenvalue weighted by Gasteiger charge is -2.12. The molecule has 0 aliphatic heterocycles. The zero-order valence-electron chi connectivity index (χ0n) is 12.4. The highest BCUT2D eigenvalue weighted by atomic mass is 16.5. The molecular formula is C16H18N4O. The fraction of sp³-hybridized carbons (Fsp3) is 0.250. The summed E-state index contributed by atoms with van der Waals surface area (Å²) >= 11 is 0. The van der Waals surface area contributed by atoms with Crippen LogP contribution in [0.15, 0.2) is 36.7 Å². The molecule has 0 spiro atoms. The van der Waals surface area contributed by atoms with Gasteiger partial charge in [-0.3, -0.25) is 4.98 Å². The van der Waals surface area contributed by atoms with E-state index in [1.165, 1.54) is 0 Å². The minimum absolute atomic E-state index is 0.666. The number of ether oxygens (including phenoxy) is 1. The SMILES string of the molecule is COc1ccc2nc(C)cc(NCc3nccn3C)c2c1. The quantitative estimate of drug-likeness (QED) is 0.799. The van der Waals surface area contributed by atoms with Crippen molar-refractivity contribution >= 4 is 16.6 Å². The maximum absolute atomic E-state index is 5.31. The average Bonchev–Trinajstić information content (AvgIpc) is 2.89. The van der Waals surface area contributed by atoms with Crippen molar-refractivity contribution < 1.29 is 4.74 Å². The zero-order valence-corrected chi connectivity index (χ0v) is 12.4. The van der Waals surface area contributed by atoms with Gasteiger partial charge in [0.05, 0.1) is 19.2 Å².